The molecule has 1 saturated carbocycles. The second-order valence-corrected chi connectivity index (χ2v) is 7.31. The molecule has 0 aromatic heterocycles. The topological polar surface area (TPSA) is 61.8 Å². The number of aliphatic hydroxyl groups is 1. The summed E-state index contributed by atoms with van der Waals surface area (Å²) < 4.78 is 5.35. The maximum Gasteiger partial charge on any atom is 0.410 e. The molecule has 2 fully saturated rings. The summed E-state index contributed by atoms with van der Waals surface area (Å²) in [5, 5.41) is 13.5. The Balaban J connectivity index is 1.80. The minimum Gasteiger partial charge on any atom is -0.444 e. The smallest absolute Gasteiger partial charge is 0.410 e. The molecule has 1 unspecified atom stereocenters. The van der Waals surface area contributed by atoms with Crippen LogP contribution in [0.15, 0.2) is 0 Å². The maximum atomic E-state index is 12.0. The van der Waals surface area contributed by atoms with E-state index in [0.717, 1.165) is 12.3 Å². The third-order valence-electron chi connectivity index (χ3n) is 3.82. The molecule has 1 heterocycles. The molecule has 0 aromatic rings. The molecule has 5 heteroatoms. The minimum absolute atomic E-state index is 0.0451. The second kappa shape index (κ2) is 5.90. The summed E-state index contributed by atoms with van der Waals surface area (Å²) >= 11 is 0. The van der Waals surface area contributed by atoms with Gasteiger partial charge in [0.1, 0.15) is 5.60 Å². The predicted molar refractivity (Wildman–Crippen MR) is 77.5 cm³/mol. The number of nitrogens with one attached hydrogen (secondary N) is 1. The number of carbonyl (C=O) groups is 1. The van der Waals surface area contributed by atoms with Crippen molar-refractivity contribution in [3.8, 4) is 0 Å². The molecule has 0 radical (unpaired) electrons. The van der Waals surface area contributed by atoms with Crippen LogP contribution in [0, 0.1) is 5.92 Å². The number of likely N-dealkylation sites (tertiary alicyclic amines) is 1. The van der Waals surface area contributed by atoms with Gasteiger partial charge in [0, 0.05) is 12.6 Å². The molecule has 3 atom stereocenters. The van der Waals surface area contributed by atoms with E-state index in [1.54, 1.807) is 4.90 Å². The van der Waals surface area contributed by atoms with E-state index in [4.69, 9.17) is 4.74 Å². The fourth-order valence-electron chi connectivity index (χ4n) is 2.71. The predicted octanol–water partition coefficient (Wildman–Crippen LogP) is 1.74. The lowest BCUT2D eigenvalue weighted by Gasteiger charge is -2.24. The van der Waals surface area contributed by atoms with Crippen molar-refractivity contribution < 1.29 is 14.6 Å². The molecule has 116 valence electrons. The Morgan fingerprint density at radius 3 is 2.60 bits per heavy atom. The molecule has 0 aromatic carbocycles. The Hall–Kier alpha value is -0.810. The molecule has 0 spiro atoms. The van der Waals surface area contributed by atoms with Gasteiger partial charge in [0.25, 0.3) is 0 Å². The first kappa shape index (κ1) is 15.6. The average molecular weight is 284 g/mol. The van der Waals surface area contributed by atoms with Gasteiger partial charge in [-0.1, -0.05) is 12.8 Å². The highest BCUT2D eigenvalue weighted by Gasteiger charge is 2.37. The van der Waals surface area contributed by atoms with Crippen molar-refractivity contribution in [2.24, 2.45) is 5.92 Å². The number of ether oxygens (including phenoxy) is 1. The van der Waals surface area contributed by atoms with Crippen LogP contribution in [-0.4, -0.2) is 53.0 Å². The normalized spacial score (nSPS) is 28.6. The van der Waals surface area contributed by atoms with Crippen molar-refractivity contribution in [2.75, 3.05) is 13.1 Å². The molecule has 20 heavy (non-hydrogen) atoms. The van der Waals surface area contributed by atoms with E-state index in [1.165, 1.54) is 12.8 Å². The van der Waals surface area contributed by atoms with Crippen molar-refractivity contribution in [1.29, 1.82) is 0 Å². The standard InChI is InChI=1S/C15H28N2O3/c1-10(7-11-5-6-11)16-12-8-17(9-13(12)18)14(19)20-15(2,3)4/h10-13,16,18H,5-9H2,1-4H3/t10?,12-,13+/m1/s1. The Kier molecular flexibility index (Phi) is 4.59. The van der Waals surface area contributed by atoms with Crippen molar-refractivity contribution >= 4 is 6.09 Å². The quantitative estimate of drug-likeness (QED) is 0.825. The van der Waals surface area contributed by atoms with Crippen LogP contribution in [-0.2, 0) is 4.74 Å². The summed E-state index contributed by atoms with van der Waals surface area (Å²) in [6.45, 7) is 8.58. The zero-order valence-corrected chi connectivity index (χ0v) is 13.1. The van der Waals surface area contributed by atoms with Gasteiger partial charge >= 0.3 is 6.09 Å². The Morgan fingerprint density at radius 1 is 1.40 bits per heavy atom. The van der Waals surface area contributed by atoms with Crippen LogP contribution >= 0.6 is 0 Å². The molecule has 5 nitrogen and oxygen atoms in total. The molecule has 2 N–H and O–H groups in total. The zero-order chi connectivity index (χ0) is 14.9. The monoisotopic (exact) mass is 284 g/mol. The number of nitrogens with zero attached hydrogens (tertiary/aromatic N) is 1. The van der Waals surface area contributed by atoms with Gasteiger partial charge in [0.15, 0.2) is 0 Å². The first-order valence-electron chi connectivity index (χ1n) is 7.66. The number of β-amino-alcohol motifs (C(OH)–C–C–N with tert-alkyl or cyclic N) is 1. The van der Waals surface area contributed by atoms with E-state index < -0.39 is 11.7 Å². The van der Waals surface area contributed by atoms with Crippen molar-refractivity contribution in [2.45, 2.75) is 70.7 Å². The van der Waals surface area contributed by atoms with Crippen LogP contribution in [0.4, 0.5) is 4.79 Å². The lowest BCUT2D eigenvalue weighted by Crippen LogP contribution is -2.44. The molecule has 0 bridgehead atoms. The van der Waals surface area contributed by atoms with Crippen LogP contribution < -0.4 is 5.32 Å². The van der Waals surface area contributed by atoms with Gasteiger partial charge in [-0.05, 0) is 40.0 Å². The van der Waals surface area contributed by atoms with E-state index in [-0.39, 0.29) is 12.1 Å². The van der Waals surface area contributed by atoms with Crippen LogP contribution in [0.3, 0.4) is 0 Å². The van der Waals surface area contributed by atoms with Gasteiger partial charge in [-0.3, -0.25) is 0 Å². The van der Waals surface area contributed by atoms with E-state index in [1.807, 2.05) is 20.8 Å². The van der Waals surface area contributed by atoms with Crippen molar-refractivity contribution in [1.82, 2.24) is 10.2 Å². The molecule has 1 saturated heterocycles. The van der Waals surface area contributed by atoms with E-state index in [0.29, 0.717) is 19.1 Å². The first-order chi connectivity index (χ1) is 9.24. The molecular weight excluding hydrogens is 256 g/mol. The van der Waals surface area contributed by atoms with Gasteiger partial charge < -0.3 is 20.1 Å². The van der Waals surface area contributed by atoms with Crippen molar-refractivity contribution in [3.05, 3.63) is 0 Å². The fourth-order valence-corrected chi connectivity index (χ4v) is 2.71. The minimum atomic E-state index is -0.510. The highest BCUT2D eigenvalue weighted by Crippen LogP contribution is 2.33. The van der Waals surface area contributed by atoms with Crippen LogP contribution in [0.5, 0.6) is 0 Å². The number of hydrogen-bond acceptors (Lipinski definition) is 4. The summed E-state index contributed by atoms with van der Waals surface area (Å²) in [4.78, 5) is 13.6. The number of amides is 1. The molecule has 2 aliphatic rings. The Bertz CT molecular complexity index is 350. The number of rotatable bonds is 4. The number of hydrogen-bond donors (Lipinski definition) is 2. The highest BCUT2D eigenvalue weighted by atomic mass is 16.6. The van der Waals surface area contributed by atoms with E-state index >= 15 is 0 Å². The van der Waals surface area contributed by atoms with Gasteiger partial charge in [-0.25, -0.2) is 4.79 Å². The summed E-state index contributed by atoms with van der Waals surface area (Å²) in [5.41, 5.74) is -0.493. The SMILES string of the molecule is CC(CC1CC1)N[C@@H]1CN(C(=O)OC(C)(C)C)C[C@@H]1O. The largest absolute Gasteiger partial charge is 0.444 e. The molecule has 2 rings (SSSR count). The second-order valence-electron chi connectivity index (χ2n) is 7.31. The van der Waals surface area contributed by atoms with Gasteiger partial charge in [-0.15, -0.1) is 0 Å². The van der Waals surface area contributed by atoms with Gasteiger partial charge in [0.2, 0.25) is 0 Å². The molecule has 1 aliphatic carbocycles. The molecule has 1 aliphatic heterocycles. The maximum absolute atomic E-state index is 12.0. The lowest BCUT2D eigenvalue weighted by molar-refractivity contribution is 0.0270. The summed E-state index contributed by atoms with van der Waals surface area (Å²) in [6.07, 6.45) is 2.99. The fraction of sp³-hybridized carbons (Fsp3) is 0.933. The van der Waals surface area contributed by atoms with Crippen molar-refractivity contribution in [3.63, 3.8) is 0 Å². The van der Waals surface area contributed by atoms with Crippen LogP contribution in [0.2, 0.25) is 0 Å². The highest BCUT2D eigenvalue weighted by molar-refractivity contribution is 5.68. The summed E-state index contributed by atoms with van der Waals surface area (Å²) in [5.74, 6) is 0.859. The Morgan fingerprint density at radius 2 is 2.05 bits per heavy atom. The molecule has 1 amide bonds. The third-order valence-corrected chi connectivity index (χ3v) is 3.82. The summed E-state index contributed by atoms with van der Waals surface area (Å²) in [7, 11) is 0. The first-order valence-corrected chi connectivity index (χ1v) is 7.66. The zero-order valence-electron chi connectivity index (χ0n) is 13.1. The third kappa shape index (κ3) is 4.63. The van der Waals surface area contributed by atoms with E-state index in [9.17, 15) is 9.90 Å². The average Bonchev–Trinajstić information content (AvgIpc) is 3.01. The van der Waals surface area contributed by atoms with Crippen LogP contribution in [0.25, 0.3) is 0 Å². The van der Waals surface area contributed by atoms with Gasteiger partial charge in [0.05, 0.1) is 18.7 Å². The van der Waals surface area contributed by atoms with Crippen LogP contribution in [0.1, 0.15) is 47.0 Å². The lowest BCUT2D eigenvalue weighted by atomic mass is 10.1. The number of aliphatic hydroxyl groups excluding tert-OH is 1. The van der Waals surface area contributed by atoms with Gasteiger partial charge in [-0.2, -0.15) is 0 Å². The van der Waals surface area contributed by atoms with E-state index in [2.05, 4.69) is 12.2 Å². The summed E-state index contributed by atoms with van der Waals surface area (Å²) in [6, 6.07) is 0.344. The number of carbonyl (C=O) groups excluding carboxylic acids is 1. The molecular formula is C15H28N2O3. The Labute approximate surface area is 121 Å².